The Morgan fingerprint density at radius 3 is 2.47 bits per heavy atom. The standard InChI is InChI=1S/C36H37IN2O8/c1-20(2)26-18-27-33(36(44)38(35(27)43)24-10-7-11-25(17-24)39(45)46)28(19-40)32(26)30(41)13-12-23(22-8-5-4-6-9-22)14-21-15-29(37)34(42)31(16-21)47-3/h4-11,14-17,20,27-28,30,33,40-42H,12-13,18-19H2,1-3H3/b23-14-/t27-,28+,30-,33-/m1/s1. The number of imide groups is 1. The van der Waals surface area contributed by atoms with E-state index in [1.807, 2.05) is 78.9 Å². The fourth-order valence-corrected chi connectivity index (χ4v) is 7.50. The third-order valence-corrected chi connectivity index (χ3v) is 9.94. The molecule has 1 aliphatic carbocycles. The zero-order valence-electron chi connectivity index (χ0n) is 26.3. The van der Waals surface area contributed by atoms with Gasteiger partial charge in [-0.25, -0.2) is 4.90 Å². The van der Waals surface area contributed by atoms with Gasteiger partial charge in [0.05, 0.1) is 45.8 Å². The van der Waals surface area contributed by atoms with Crippen molar-refractivity contribution in [1.82, 2.24) is 0 Å². The Morgan fingerprint density at radius 1 is 1.11 bits per heavy atom. The van der Waals surface area contributed by atoms with Crippen molar-refractivity contribution < 1.29 is 34.6 Å². The van der Waals surface area contributed by atoms with Gasteiger partial charge in [0.25, 0.3) is 5.69 Å². The lowest BCUT2D eigenvalue weighted by Gasteiger charge is -2.38. The number of amides is 2. The van der Waals surface area contributed by atoms with Crippen molar-refractivity contribution in [2.45, 2.75) is 39.2 Å². The number of nitro benzene ring substituents is 1. The third kappa shape index (κ3) is 6.83. The molecule has 2 aliphatic rings. The second kappa shape index (κ2) is 14.4. The van der Waals surface area contributed by atoms with Crippen molar-refractivity contribution in [3.63, 3.8) is 0 Å². The second-order valence-corrected chi connectivity index (χ2v) is 13.4. The van der Waals surface area contributed by atoms with Crippen molar-refractivity contribution in [3.8, 4) is 11.5 Å². The van der Waals surface area contributed by atoms with Crippen LogP contribution >= 0.6 is 22.6 Å². The van der Waals surface area contributed by atoms with Gasteiger partial charge in [-0.05, 0) is 88.2 Å². The van der Waals surface area contributed by atoms with E-state index in [-0.39, 0.29) is 35.9 Å². The smallest absolute Gasteiger partial charge is 0.271 e. The predicted octanol–water partition coefficient (Wildman–Crippen LogP) is 6.37. The van der Waals surface area contributed by atoms with Crippen LogP contribution < -0.4 is 9.64 Å². The molecule has 5 rings (SSSR count). The van der Waals surface area contributed by atoms with Crippen LogP contribution in [0.1, 0.15) is 44.2 Å². The number of non-ortho nitro benzene ring substituents is 1. The summed E-state index contributed by atoms with van der Waals surface area (Å²) in [5.74, 6) is -3.11. The minimum atomic E-state index is -1.01. The quantitative estimate of drug-likeness (QED) is 0.0511. The summed E-state index contributed by atoms with van der Waals surface area (Å²) in [4.78, 5) is 39.4. The maximum atomic E-state index is 13.9. The summed E-state index contributed by atoms with van der Waals surface area (Å²) >= 11 is 2.05. The number of aliphatic hydroxyl groups excluding tert-OH is 2. The molecule has 4 atom stereocenters. The van der Waals surface area contributed by atoms with Gasteiger partial charge in [0.1, 0.15) is 0 Å². The number of fused-ring (bicyclic) bond motifs is 1. The highest BCUT2D eigenvalue weighted by molar-refractivity contribution is 14.1. The number of ether oxygens (including phenoxy) is 1. The van der Waals surface area contributed by atoms with E-state index in [1.165, 1.54) is 31.4 Å². The number of hydrogen-bond acceptors (Lipinski definition) is 8. The lowest BCUT2D eigenvalue weighted by molar-refractivity contribution is -0.384. The molecule has 0 spiro atoms. The van der Waals surface area contributed by atoms with Gasteiger partial charge < -0.3 is 20.1 Å². The molecule has 246 valence electrons. The predicted molar refractivity (Wildman–Crippen MR) is 187 cm³/mol. The number of aromatic hydroxyl groups is 1. The number of nitrogens with zero attached hydrogens (tertiary/aromatic N) is 2. The van der Waals surface area contributed by atoms with Crippen molar-refractivity contribution in [2.75, 3.05) is 18.6 Å². The third-order valence-electron chi connectivity index (χ3n) is 9.11. The first-order chi connectivity index (χ1) is 22.5. The van der Waals surface area contributed by atoms with Crippen LogP contribution in [0, 0.1) is 37.4 Å². The molecule has 1 fully saturated rings. The Hall–Kier alpha value is -4.07. The van der Waals surface area contributed by atoms with Crippen LogP contribution in [-0.2, 0) is 9.59 Å². The molecule has 2 amide bonds. The molecule has 47 heavy (non-hydrogen) atoms. The highest BCUT2D eigenvalue weighted by atomic mass is 127. The Labute approximate surface area is 286 Å². The van der Waals surface area contributed by atoms with E-state index >= 15 is 0 Å². The van der Waals surface area contributed by atoms with Crippen LogP contribution in [-0.4, -0.2) is 51.9 Å². The average Bonchev–Trinajstić information content (AvgIpc) is 3.32. The Balaban J connectivity index is 1.47. The summed E-state index contributed by atoms with van der Waals surface area (Å²) in [7, 11) is 1.49. The Bertz CT molecular complexity index is 1750. The number of phenols is 1. The first-order valence-corrected chi connectivity index (χ1v) is 16.5. The molecule has 0 bridgehead atoms. The van der Waals surface area contributed by atoms with Gasteiger partial charge in [0.15, 0.2) is 11.5 Å². The molecule has 0 saturated carbocycles. The molecular weight excluding hydrogens is 715 g/mol. The van der Waals surface area contributed by atoms with E-state index in [2.05, 4.69) is 0 Å². The molecule has 0 aromatic heterocycles. The zero-order chi connectivity index (χ0) is 34.0. The van der Waals surface area contributed by atoms with Crippen molar-refractivity contribution in [3.05, 3.63) is 103 Å². The van der Waals surface area contributed by atoms with E-state index in [0.717, 1.165) is 27.2 Å². The number of anilines is 1. The Kier molecular flexibility index (Phi) is 10.5. The van der Waals surface area contributed by atoms with E-state index in [1.54, 1.807) is 6.07 Å². The number of carbonyl (C=O) groups is 2. The molecule has 1 aliphatic heterocycles. The maximum Gasteiger partial charge on any atom is 0.271 e. The van der Waals surface area contributed by atoms with Gasteiger partial charge in [-0.15, -0.1) is 0 Å². The number of nitro groups is 1. The van der Waals surface area contributed by atoms with Crippen LogP contribution in [0.3, 0.4) is 0 Å². The van der Waals surface area contributed by atoms with Gasteiger partial charge in [-0.2, -0.15) is 0 Å². The molecule has 3 aromatic rings. The summed E-state index contributed by atoms with van der Waals surface area (Å²) < 4.78 is 5.98. The van der Waals surface area contributed by atoms with Crippen LogP contribution in [0.25, 0.3) is 11.6 Å². The lowest BCUT2D eigenvalue weighted by atomic mass is 9.66. The number of allylic oxidation sites excluding steroid dienone is 2. The van der Waals surface area contributed by atoms with Crippen molar-refractivity contribution in [1.29, 1.82) is 0 Å². The molecule has 11 heteroatoms. The average molecular weight is 753 g/mol. The van der Waals surface area contributed by atoms with Gasteiger partial charge >= 0.3 is 0 Å². The van der Waals surface area contributed by atoms with E-state index < -0.39 is 47.2 Å². The van der Waals surface area contributed by atoms with E-state index in [9.17, 15) is 35.0 Å². The molecule has 3 N–H and O–H groups in total. The van der Waals surface area contributed by atoms with Crippen LogP contribution in [0.2, 0.25) is 0 Å². The minimum Gasteiger partial charge on any atom is -0.504 e. The minimum absolute atomic E-state index is 0.0599. The van der Waals surface area contributed by atoms with Crippen LogP contribution in [0.5, 0.6) is 11.5 Å². The number of halogens is 1. The van der Waals surface area contributed by atoms with E-state index in [4.69, 9.17) is 4.74 Å². The topological polar surface area (TPSA) is 150 Å². The van der Waals surface area contributed by atoms with Crippen molar-refractivity contribution >= 4 is 57.4 Å². The number of hydrogen-bond donors (Lipinski definition) is 3. The Morgan fingerprint density at radius 2 is 1.83 bits per heavy atom. The molecule has 0 radical (unpaired) electrons. The number of aliphatic hydroxyl groups is 2. The van der Waals surface area contributed by atoms with Gasteiger partial charge in [0.2, 0.25) is 11.8 Å². The molecule has 3 aromatic carbocycles. The summed E-state index contributed by atoms with van der Waals surface area (Å²) in [6.07, 6.45) is 1.94. The van der Waals surface area contributed by atoms with Gasteiger partial charge in [-0.3, -0.25) is 19.7 Å². The highest BCUT2D eigenvalue weighted by Gasteiger charge is 2.55. The first-order valence-electron chi connectivity index (χ1n) is 15.4. The normalized spacial score (nSPS) is 20.5. The van der Waals surface area contributed by atoms with Crippen LogP contribution in [0.4, 0.5) is 11.4 Å². The van der Waals surface area contributed by atoms with Gasteiger partial charge in [-0.1, -0.05) is 61.9 Å². The first kappa shape index (κ1) is 34.3. The largest absolute Gasteiger partial charge is 0.504 e. The number of rotatable bonds is 11. The number of phenolic OH excluding ortho intramolecular Hbond substituents is 1. The fraction of sp³-hybridized carbons (Fsp3) is 0.333. The summed E-state index contributed by atoms with van der Waals surface area (Å²) in [5.41, 5.74) is 3.99. The summed E-state index contributed by atoms with van der Waals surface area (Å²) in [6.45, 7) is 3.48. The van der Waals surface area contributed by atoms with Gasteiger partial charge in [0, 0.05) is 18.1 Å². The number of methoxy groups -OCH3 is 1. The summed E-state index contributed by atoms with van der Waals surface area (Å²) in [6, 6.07) is 18.7. The fourth-order valence-electron chi connectivity index (χ4n) is 6.88. The van der Waals surface area contributed by atoms with Crippen molar-refractivity contribution in [2.24, 2.45) is 23.7 Å². The maximum absolute atomic E-state index is 13.9. The summed E-state index contributed by atoms with van der Waals surface area (Å²) in [5, 5.41) is 44.3. The number of benzene rings is 3. The molecule has 1 heterocycles. The zero-order valence-corrected chi connectivity index (χ0v) is 28.5. The molecular formula is C36H37IN2O8. The molecule has 1 saturated heterocycles. The second-order valence-electron chi connectivity index (χ2n) is 12.2. The van der Waals surface area contributed by atoms with Crippen LogP contribution in [0.15, 0.2) is 77.9 Å². The lowest BCUT2D eigenvalue weighted by Crippen LogP contribution is -2.39. The highest BCUT2D eigenvalue weighted by Crippen LogP contribution is 2.49. The molecule has 0 unspecified atom stereocenters. The molecule has 10 nitrogen and oxygen atoms in total. The number of carbonyl (C=O) groups excluding carboxylic acids is 2. The monoisotopic (exact) mass is 752 g/mol. The van der Waals surface area contributed by atoms with E-state index in [0.29, 0.717) is 21.3 Å². The SMILES string of the molecule is COc1cc(/C=C(/CC[C@@H](O)C2=C(C(C)C)C[C@H]3C(=O)N(c4cccc([N+](=O)[O-])c4)C(=O)[C@H]3[C@H]2CO)c2ccccc2)cc(I)c1O.